The maximum absolute atomic E-state index is 11.9. The number of carbonyl (C=O) groups is 1. The van der Waals surface area contributed by atoms with Gasteiger partial charge in [0.1, 0.15) is 5.78 Å². The molecule has 1 nitrogen and oxygen atoms in total. The molecule has 2 aromatic carbocycles. The summed E-state index contributed by atoms with van der Waals surface area (Å²) in [5.41, 5.74) is 2.59. The molecule has 0 bridgehead atoms. The molecule has 0 heterocycles. The second-order valence-electron chi connectivity index (χ2n) is 5.50. The maximum Gasteiger partial charge on any atom is 0.132 e. The van der Waals surface area contributed by atoms with Crippen LogP contribution in [0.2, 0.25) is 0 Å². The summed E-state index contributed by atoms with van der Waals surface area (Å²) in [7, 11) is 0. The molecule has 0 aromatic heterocycles. The van der Waals surface area contributed by atoms with Crippen molar-refractivity contribution in [3.05, 3.63) is 68.6 Å². The Labute approximate surface area is 149 Å². The lowest BCUT2D eigenvalue weighted by molar-refractivity contribution is -0.119. The molecular formula is C19H20Br2O. The zero-order valence-corrected chi connectivity index (χ0v) is 15.7. The van der Waals surface area contributed by atoms with E-state index in [-0.39, 0.29) is 0 Å². The lowest BCUT2D eigenvalue weighted by Gasteiger charge is -2.03. The molecule has 2 rings (SSSR count). The van der Waals surface area contributed by atoms with E-state index in [9.17, 15) is 4.79 Å². The van der Waals surface area contributed by atoms with Crippen molar-refractivity contribution in [1.82, 2.24) is 0 Å². The number of carbonyl (C=O) groups excluding carboxylic acids is 1. The van der Waals surface area contributed by atoms with Gasteiger partial charge < -0.3 is 0 Å². The van der Waals surface area contributed by atoms with Crippen molar-refractivity contribution >= 4 is 37.6 Å². The van der Waals surface area contributed by atoms with E-state index in [0.29, 0.717) is 18.6 Å². The molecule has 3 heteroatoms. The van der Waals surface area contributed by atoms with Gasteiger partial charge in [-0.1, -0.05) is 56.1 Å². The van der Waals surface area contributed by atoms with Crippen LogP contribution in [0, 0.1) is 0 Å². The Morgan fingerprint density at radius 2 is 1.05 bits per heavy atom. The Kier molecular flexibility index (Phi) is 7.34. The van der Waals surface area contributed by atoms with E-state index in [0.717, 1.165) is 34.6 Å². The Morgan fingerprint density at radius 3 is 1.41 bits per heavy atom. The van der Waals surface area contributed by atoms with E-state index in [1.807, 2.05) is 0 Å². The molecular weight excluding hydrogens is 404 g/mol. The number of Topliss-reactive ketones (excluding diaryl/α,β-unsaturated/α-hetero) is 1. The molecule has 0 aliphatic heterocycles. The van der Waals surface area contributed by atoms with E-state index in [1.165, 1.54) is 11.1 Å². The van der Waals surface area contributed by atoms with Crippen molar-refractivity contribution in [3.63, 3.8) is 0 Å². The second kappa shape index (κ2) is 9.26. The van der Waals surface area contributed by atoms with Crippen LogP contribution < -0.4 is 0 Å². The molecule has 0 fully saturated rings. The van der Waals surface area contributed by atoms with E-state index in [4.69, 9.17) is 0 Å². The molecule has 116 valence electrons. The largest absolute Gasteiger partial charge is 0.300 e. The van der Waals surface area contributed by atoms with Crippen LogP contribution in [-0.4, -0.2) is 5.78 Å². The van der Waals surface area contributed by atoms with Crippen molar-refractivity contribution in [2.24, 2.45) is 0 Å². The number of aryl methyl sites for hydroxylation is 2. The molecule has 0 saturated heterocycles. The first-order valence-electron chi connectivity index (χ1n) is 7.64. The average molecular weight is 424 g/mol. The fraction of sp³-hybridized carbons (Fsp3) is 0.316. The first kappa shape index (κ1) is 17.4. The molecule has 0 aliphatic rings. The molecule has 0 saturated carbocycles. The van der Waals surface area contributed by atoms with Crippen LogP contribution in [0.5, 0.6) is 0 Å². The van der Waals surface area contributed by atoms with Crippen LogP contribution in [0.3, 0.4) is 0 Å². The lowest BCUT2D eigenvalue weighted by Crippen LogP contribution is -2.00. The summed E-state index contributed by atoms with van der Waals surface area (Å²) in [6.07, 6.45) is 5.22. The van der Waals surface area contributed by atoms with E-state index >= 15 is 0 Å². The quantitative estimate of drug-likeness (QED) is 0.499. The van der Waals surface area contributed by atoms with Crippen LogP contribution in [0.1, 0.15) is 36.8 Å². The Bertz CT molecular complexity index is 534. The van der Waals surface area contributed by atoms with Crippen LogP contribution in [0.15, 0.2) is 57.5 Å². The average Bonchev–Trinajstić information content (AvgIpc) is 2.51. The zero-order valence-electron chi connectivity index (χ0n) is 12.5. The minimum absolute atomic E-state index is 0.384. The molecule has 2 aromatic rings. The van der Waals surface area contributed by atoms with Crippen LogP contribution in [0.25, 0.3) is 0 Å². The van der Waals surface area contributed by atoms with Gasteiger partial charge in [0.15, 0.2) is 0 Å². The van der Waals surface area contributed by atoms with Gasteiger partial charge in [-0.05, 0) is 61.1 Å². The Morgan fingerprint density at radius 1 is 0.682 bits per heavy atom. The summed E-state index contributed by atoms with van der Waals surface area (Å²) in [5.74, 6) is 0.384. The number of benzene rings is 2. The minimum atomic E-state index is 0.384. The molecule has 0 aliphatic carbocycles. The highest BCUT2D eigenvalue weighted by Gasteiger charge is 2.03. The van der Waals surface area contributed by atoms with Crippen molar-refractivity contribution < 1.29 is 4.79 Å². The first-order chi connectivity index (χ1) is 10.6. The third-order valence-electron chi connectivity index (χ3n) is 3.67. The normalized spacial score (nSPS) is 10.6. The van der Waals surface area contributed by atoms with Crippen molar-refractivity contribution in [2.75, 3.05) is 0 Å². The monoisotopic (exact) mass is 422 g/mol. The summed E-state index contributed by atoms with van der Waals surface area (Å²) in [4.78, 5) is 11.9. The molecule has 22 heavy (non-hydrogen) atoms. The van der Waals surface area contributed by atoms with Gasteiger partial charge in [0, 0.05) is 21.8 Å². The molecule has 0 N–H and O–H groups in total. The van der Waals surface area contributed by atoms with Gasteiger partial charge in [-0.25, -0.2) is 0 Å². The van der Waals surface area contributed by atoms with Crippen molar-refractivity contribution in [2.45, 2.75) is 38.5 Å². The molecule has 0 radical (unpaired) electrons. The standard InChI is InChI=1S/C19H20Br2O/c20-17-11-7-15(8-12-17)3-1-5-19(22)6-2-4-16-9-13-18(21)14-10-16/h7-14H,1-6H2. The SMILES string of the molecule is O=C(CCCc1ccc(Br)cc1)CCCc1ccc(Br)cc1. The van der Waals surface area contributed by atoms with Gasteiger partial charge in [0.2, 0.25) is 0 Å². The highest BCUT2D eigenvalue weighted by molar-refractivity contribution is 9.10. The summed E-state index contributed by atoms with van der Waals surface area (Å²) >= 11 is 6.86. The van der Waals surface area contributed by atoms with Gasteiger partial charge in [-0.2, -0.15) is 0 Å². The number of ketones is 1. The lowest BCUT2D eigenvalue weighted by atomic mass is 10.0. The van der Waals surface area contributed by atoms with Gasteiger partial charge >= 0.3 is 0 Å². The highest BCUT2D eigenvalue weighted by Crippen LogP contribution is 2.14. The number of rotatable bonds is 8. The number of hydrogen-bond acceptors (Lipinski definition) is 1. The minimum Gasteiger partial charge on any atom is -0.300 e. The summed E-state index contributed by atoms with van der Waals surface area (Å²) < 4.78 is 2.19. The molecule has 0 amide bonds. The Hall–Kier alpha value is -0.930. The van der Waals surface area contributed by atoms with E-state index in [2.05, 4.69) is 80.4 Å². The van der Waals surface area contributed by atoms with E-state index in [1.54, 1.807) is 0 Å². The summed E-state index contributed by atoms with van der Waals surface area (Å²) in [6.45, 7) is 0. The smallest absolute Gasteiger partial charge is 0.132 e. The molecule has 0 unspecified atom stereocenters. The number of halogens is 2. The third kappa shape index (κ3) is 6.45. The molecule has 0 atom stereocenters. The van der Waals surface area contributed by atoms with Gasteiger partial charge in [-0.3, -0.25) is 4.79 Å². The highest BCUT2D eigenvalue weighted by atomic mass is 79.9. The van der Waals surface area contributed by atoms with Crippen molar-refractivity contribution in [3.8, 4) is 0 Å². The van der Waals surface area contributed by atoms with Crippen LogP contribution in [0.4, 0.5) is 0 Å². The Balaban J connectivity index is 1.61. The van der Waals surface area contributed by atoms with Crippen LogP contribution >= 0.6 is 31.9 Å². The second-order valence-corrected chi connectivity index (χ2v) is 7.33. The fourth-order valence-corrected chi connectivity index (χ4v) is 2.94. The fourth-order valence-electron chi connectivity index (χ4n) is 2.41. The predicted molar refractivity (Wildman–Crippen MR) is 99.2 cm³/mol. The maximum atomic E-state index is 11.9. The number of hydrogen-bond donors (Lipinski definition) is 0. The first-order valence-corrected chi connectivity index (χ1v) is 9.23. The summed E-state index contributed by atoms with van der Waals surface area (Å²) in [6, 6.07) is 16.7. The predicted octanol–water partition coefficient (Wildman–Crippen LogP) is 6.13. The zero-order chi connectivity index (χ0) is 15.8. The topological polar surface area (TPSA) is 17.1 Å². The van der Waals surface area contributed by atoms with Gasteiger partial charge in [0.25, 0.3) is 0 Å². The summed E-state index contributed by atoms with van der Waals surface area (Å²) in [5, 5.41) is 0. The van der Waals surface area contributed by atoms with E-state index < -0.39 is 0 Å². The van der Waals surface area contributed by atoms with Gasteiger partial charge in [0.05, 0.1) is 0 Å². The third-order valence-corrected chi connectivity index (χ3v) is 4.73. The van der Waals surface area contributed by atoms with Crippen LogP contribution in [-0.2, 0) is 17.6 Å². The van der Waals surface area contributed by atoms with Crippen molar-refractivity contribution in [1.29, 1.82) is 0 Å². The molecule has 0 spiro atoms. The van der Waals surface area contributed by atoms with Gasteiger partial charge in [-0.15, -0.1) is 0 Å².